The second kappa shape index (κ2) is 12.6. The molecule has 5 nitrogen and oxygen atoms in total. The third-order valence-electron chi connectivity index (χ3n) is 10.7. The first-order valence-electron chi connectivity index (χ1n) is 18.5. The van der Waals surface area contributed by atoms with E-state index >= 15 is 0 Å². The molecule has 4 aromatic heterocycles. The summed E-state index contributed by atoms with van der Waals surface area (Å²) < 4.78 is 11.3. The molecule has 0 spiro atoms. The number of ether oxygens (including phenoxy) is 1. The van der Waals surface area contributed by atoms with Crippen molar-refractivity contribution in [2.24, 2.45) is 0 Å². The maximum atomic E-state index is 6.73. The molecule has 7 aromatic carbocycles. The van der Waals surface area contributed by atoms with Crippen LogP contribution in [0.15, 0.2) is 194 Å². The minimum Gasteiger partial charge on any atom is -0.457 e. The topological polar surface area (TPSA) is 44.3 Å². The highest BCUT2D eigenvalue weighted by atomic mass is 16.5. The van der Waals surface area contributed by atoms with Crippen molar-refractivity contribution in [1.29, 1.82) is 0 Å². The largest absolute Gasteiger partial charge is 0.457 e. The first-order chi connectivity index (χ1) is 27.3. The Labute approximate surface area is 317 Å². The lowest BCUT2D eigenvalue weighted by molar-refractivity contribution is 0.484. The monoisotopic (exact) mass is 704 g/mol. The summed E-state index contributed by atoms with van der Waals surface area (Å²) in [5.74, 6) is 2.35. The number of pyridine rings is 2. The van der Waals surface area contributed by atoms with Crippen molar-refractivity contribution in [2.75, 3.05) is 0 Å². The van der Waals surface area contributed by atoms with Gasteiger partial charge in [-0.1, -0.05) is 127 Å². The van der Waals surface area contributed by atoms with Gasteiger partial charge in [0.1, 0.15) is 23.0 Å². The van der Waals surface area contributed by atoms with Crippen molar-refractivity contribution in [3.05, 3.63) is 194 Å². The Morgan fingerprint density at radius 2 is 1.07 bits per heavy atom. The van der Waals surface area contributed by atoms with Gasteiger partial charge in [-0.25, -0.2) is 9.97 Å². The second-order valence-corrected chi connectivity index (χ2v) is 13.8. The van der Waals surface area contributed by atoms with Gasteiger partial charge in [0, 0.05) is 44.9 Å². The highest BCUT2D eigenvalue weighted by Crippen LogP contribution is 2.44. The average molecular weight is 705 g/mol. The first kappa shape index (κ1) is 31.1. The lowest BCUT2D eigenvalue weighted by Crippen LogP contribution is -1.99. The van der Waals surface area contributed by atoms with Crippen LogP contribution >= 0.6 is 0 Å². The molecular formula is C50H32N4O. The van der Waals surface area contributed by atoms with Gasteiger partial charge in [-0.3, -0.25) is 8.97 Å². The highest BCUT2D eigenvalue weighted by Gasteiger charge is 2.21. The molecule has 0 amide bonds. The van der Waals surface area contributed by atoms with Crippen LogP contribution in [0.4, 0.5) is 0 Å². The van der Waals surface area contributed by atoms with Crippen LogP contribution in [0.2, 0.25) is 0 Å². The van der Waals surface area contributed by atoms with Crippen LogP contribution in [0.3, 0.4) is 0 Å². The molecule has 0 N–H and O–H groups in total. The number of rotatable bonds is 6. The molecule has 11 rings (SSSR count). The fraction of sp³-hybridized carbons (Fsp3) is 0. The fourth-order valence-corrected chi connectivity index (χ4v) is 8.27. The fourth-order valence-electron chi connectivity index (χ4n) is 8.27. The van der Waals surface area contributed by atoms with Gasteiger partial charge in [-0.15, -0.1) is 0 Å². The van der Waals surface area contributed by atoms with Gasteiger partial charge in [0.2, 0.25) is 0 Å². The molecule has 11 aromatic rings. The maximum absolute atomic E-state index is 6.73. The molecule has 0 aliphatic rings. The van der Waals surface area contributed by atoms with Crippen LogP contribution < -0.4 is 4.74 Å². The van der Waals surface area contributed by atoms with Gasteiger partial charge in [0.05, 0.1) is 28.4 Å². The van der Waals surface area contributed by atoms with Gasteiger partial charge in [-0.05, 0) is 70.6 Å². The van der Waals surface area contributed by atoms with E-state index in [-0.39, 0.29) is 0 Å². The van der Waals surface area contributed by atoms with Crippen molar-refractivity contribution >= 4 is 49.1 Å². The van der Waals surface area contributed by atoms with E-state index in [4.69, 9.17) is 14.7 Å². The van der Waals surface area contributed by atoms with Crippen LogP contribution in [0, 0.1) is 0 Å². The number of para-hydroxylation sites is 1. The summed E-state index contributed by atoms with van der Waals surface area (Å²) >= 11 is 0. The van der Waals surface area contributed by atoms with E-state index in [0.717, 1.165) is 77.9 Å². The molecule has 55 heavy (non-hydrogen) atoms. The zero-order chi connectivity index (χ0) is 36.3. The quantitative estimate of drug-likeness (QED) is 0.162. The summed E-state index contributed by atoms with van der Waals surface area (Å²) in [5.41, 5.74) is 10.9. The third kappa shape index (κ3) is 5.02. The molecule has 0 aliphatic carbocycles. The predicted octanol–water partition coefficient (Wildman–Crippen LogP) is 12.9. The number of fused-ring (bicyclic) bond motifs is 9. The molecule has 0 fully saturated rings. The normalized spacial score (nSPS) is 11.6. The molecule has 258 valence electrons. The van der Waals surface area contributed by atoms with Crippen LogP contribution in [0.5, 0.6) is 11.5 Å². The summed E-state index contributed by atoms with van der Waals surface area (Å²) in [6.45, 7) is 0. The number of hydrogen-bond donors (Lipinski definition) is 0. The zero-order valence-electron chi connectivity index (χ0n) is 29.7. The standard InChI is InChI=1S/C50H32N4O/c1-4-14-33(15-5-1)38-27-28-42-39-25-23-36(55-37-24-26-41-40-20-10-11-21-44(40)53(45(41)31-37)47-22-12-13-29-51-47)30-43(39)50-52-32-46(34-16-6-2-7-17-34)54(50)49(42)48(38)35-18-8-3-9-19-35/h1-32H. The van der Waals surface area contributed by atoms with Gasteiger partial charge >= 0.3 is 0 Å². The van der Waals surface area contributed by atoms with Crippen molar-refractivity contribution in [2.45, 2.75) is 0 Å². The number of nitrogens with zero attached hydrogens (tertiary/aromatic N) is 4. The Hall–Kier alpha value is -7.50. The summed E-state index contributed by atoms with van der Waals surface area (Å²) in [7, 11) is 0. The van der Waals surface area contributed by atoms with E-state index in [9.17, 15) is 0 Å². The number of aromatic nitrogens is 4. The minimum absolute atomic E-state index is 0.738. The zero-order valence-corrected chi connectivity index (χ0v) is 29.7. The van der Waals surface area contributed by atoms with Gasteiger partial charge in [0.25, 0.3) is 0 Å². The molecule has 0 saturated carbocycles. The molecule has 5 heteroatoms. The van der Waals surface area contributed by atoms with E-state index in [2.05, 4.69) is 173 Å². The van der Waals surface area contributed by atoms with Gasteiger partial charge in [-0.2, -0.15) is 0 Å². The molecule has 0 atom stereocenters. The van der Waals surface area contributed by atoms with Crippen molar-refractivity contribution < 1.29 is 4.74 Å². The molecular weight excluding hydrogens is 673 g/mol. The lowest BCUT2D eigenvalue weighted by Gasteiger charge is -2.19. The van der Waals surface area contributed by atoms with Crippen molar-refractivity contribution in [3.8, 4) is 50.8 Å². The molecule has 4 heterocycles. The summed E-state index contributed by atoms with van der Waals surface area (Å²) in [4.78, 5) is 9.87. The van der Waals surface area contributed by atoms with Crippen molar-refractivity contribution in [3.63, 3.8) is 0 Å². The van der Waals surface area contributed by atoms with Crippen LogP contribution in [0.25, 0.3) is 88.5 Å². The summed E-state index contributed by atoms with van der Waals surface area (Å²) in [6.07, 6.45) is 3.84. The lowest BCUT2D eigenvalue weighted by atomic mass is 9.90. The Bertz CT molecular complexity index is 3210. The summed E-state index contributed by atoms with van der Waals surface area (Å²) in [5, 5.41) is 5.60. The number of benzene rings is 7. The van der Waals surface area contributed by atoms with E-state index in [0.29, 0.717) is 0 Å². The predicted molar refractivity (Wildman–Crippen MR) is 225 cm³/mol. The molecule has 0 saturated heterocycles. The Kier molecular flexibility index (Phi) is 7.10. The van der Waals surface area contributed by atoms with E-state index < -0.39 is 0 Å². The first-order valence-corrected chi connectivity index (χ1v) is 18.5. The van der Waals surface area contributed by atoms with Crippen LogP contribution in [0.1, 0.15) is 0 Å². The second-order valence-electron chi connectivity index (χ2n) is 13.8. The van der Waals surface area contributed by atoms with Crippen molar-refractivity contribution in [1.82, 2.24) is 18.9 Å². The van der Waals surface area contributed by atoms with Crippen LogP contribution in [-0.4, -0.2) is 18.9 Å². The molecule has 0 unspecified atom stereocenters. The number of hydrogen-bond acceptors (Lipinski definition) is 3. The number of imidazole rings is 1. The average Bonchev–Trinajstić information content (AvgIpc) is 3.85. The van der Waals surface area contributed by atoms with Crippen LogP contribution in [-0.2, 0) is 0 Å². The molecule has 0 aliphatic heterocycles. The Morgan fingerprint density at radius 3 is 1.84 bits per heavy atom. The van der Waals surface area contributed by atoms with E-state index in [1.54, 1.807) is 0 Å². The minimum atomic E-state index is 0.738. The highest BCUT2D eigenvalue weighted by molar-refractivity contribution is 6.18. The SMILES string of the molecule is c1ccc(-c2ccc3c4ccc(Oc5ccc6c7ccccc7n(-c7ccccn7)c6c5)cc4c4ncc(-c5ccccc5)n4c3c2-c2ccccc2)cc1. The Balaban J connectivity index is 1.15. The van der Waals surface area contributed by atoms with E-state index in [1.807, 2.05) is 30.6 Å². The third-order valence-corrected chi connectivity index (χ3v) is 10.7. The van der Waals surface area contributed by atoms with Gasteiger partial charge in [0.15, 0.2) is 0 Å². The summed E-state index contributed by atoms with van der Waals surface area (Å²) in [6, 6.07) is 63.6. The molecule has 0 bridgehead atoms. The smallest absolute Gasteiger partial charge is 0.145 e. The molecule has 0 radical (unpaired) electrons. The van der Waals surface area contributed by atoms with E-state index in [1.165, 1.54) is 22.1 Å². The van der Waals surface area contributed by atoms with Gasteiger partial charge < -0.3 is 4.74 Å². The maximum Gasteiger partial charge on any atom is 0.145 e. The Morgan fingerprint density at radius 1 is 0.436 bits per heavy atom.